The van der Waals surface area contributed by atoms with Crippen molar-refractivity contribution in [3.63, 3.8) is 0 Å². The molecule has 0 saturated heterocycles. The minimum absolute atomic E-state index is 0.0244. The molecule has 2 aromatic rings. The highest BCUT2D eigenvalue weighted by Gasteiger charge is 2.33. The Labute approximate surface area is 128 Å². The Hall–Kier alpha value is -2.28. The Morgan fingerprint density at radius 1 is 1.23 bits per heavy atom. The second-order valence-electron chi connectivity index (χ2n) is 5.15. The molecule has 5 nitrogen and oxygen atoms in total. The lowest BCUT2D eigenvalue weighted by atomic mass is 10.2. The third-order valence-corrected chi connectivity index (χ3v) is 5.20. The molecule has 0 saturated carbocycles. The Morgan fingerprint density at radius 2 is 1.91 bits per heavy atom. The second-order valence-corrected chi connectivity index (χ2v) is 7.01. The molecule has 0 spiro atoms. The molecule has 22 heavy (non-hydrogen) atoms. The van der Waals surface area contributed by atoms with E-state index in [0.29, 0.717) is 17.1 Å². The van der Waals surface area contributed by atoms with E-state index in [1.165, 1.54) is 16.4 Å². The van der Waals surface area contributed by atoms with Gasteiger partial charge in [0, 0.05) is 5.69 Å². The first-order chi connectivity index (χ1) is 10.4. The van der Waals surface area contributed by atoms with Gasteiger partial charge in [-0.25, -0.2) is 12.8 Å². The highest BCUT2D eigenvalue weighted by atomic mass is 32.2. The van der Waals surface area contributed by atoms with Crippen molar-refractivity contribution in [3.8, 4) is 5.75 Å². The van der Waals surface area contributed by atoms with Crippen LogP contribution in [0.4, 0.5) is 15.8 Å². The average molecular weight is 322 g/mol. The van der Waals surface area contributed by atoms with Crippen molar-refractivity contribution in [1.82, 2.24) is 0 Å². The van der Waals surface area contributed by atoms with Crippen LogP contribution >= 0.6 is 0 Å². The van der Waals surface area contributed by atoms with Gasteiger partial charge in [-0.2, -0.15) is 0 Å². The predicted octanol–water partition coefficient (Wildman–Crippen LogP) is 2.38. The molecule has 1 unspecified atom stereocenters. The molecule has 0 amide bonds. The van der Waals surface area contributed by atoms with Gasteiger partial charge in [0.25, 0.3) is 10.0 Å². The fourth-order valence-corrected chi connectivity index (χ4v) is 3.92. The molecule has 0 aromatic heterocycles. The van der Waals surface area contributed by atoms with E-state index in [1.807, 2.05) is 0 Å². The van der Waals surface area contributed by atoms with Gasteiger partial charge in [-0.1, -0.05) is 0 Å². The Morgan fingerprint density at radius 3 is 2.59 bits per heavy atom. The molecule has 0 radical (unpaired) electrons. The molecule has 2 aromatic carbocycles. The number of hydrogen-bond donors (Lipinski definition) is 1. The standard InChI is InChI=1S/C15H15FN2O3S/c1-10-9-18(14-8-12(17)4-7-15(14)21-10)22(19,20)13-5-2-11(16)3-6-13/h2-8,10H,9,17H2,1H3. The number of hydrogen-bond acceptors (Lipinski definition) is 4. The van der Waals surface area contributed by atoms with E-state index < -0.39 is 15.8 Å². The molecular formula is C15H15FN2O3S. The van der Waals surface area contributed by atoms with Crippen LogP contribution in [0.3, 0.4) is 0 Å². The van der Waals surface area contributed by atoms with Gasteiger partial charge in [-0.3, -0.25) is 4.31 Å². The van der Waals surface area contributed by atoms with Crippen LogP contribution in [0.1, 0.15) is 6.92 Å². The van der Waals surface area contributed by atoms with Crippen LogP contribution in [0.2, 0.25) is 0 Å². The van der Waals surface area contributed by atoms with Gasteiger partial charge in [0.2, 0.25) is 0 Å². The molecule has 7 heteroatoms. The summed E-state index contributed by atoms with van der Waals surface area (Å²) in [5.41, 5.74) is 6.59. The number of halogens is 1. The lowest BCUT2D eigenvalue weighted by Crippen LogP contribution is -2.42. The maximum atomic E-state index is 13.0. The Kier molecular flexibility index (Phi) is 3.44. The quantitative estimate of drug-likeness (QED) is 0.862. The van der Waals surface area contributed by atoms with E-state index in [0.717, 1.165) is 12.1 Å². The summed E-state index contributed by atoms with van der Waals surface area (Å²) in [6.07, 6.45) is -0.300. The molecule has 0 aliphatic carbocycles. The summed E-state index contributed by atoms with van der Waals surface area (Å²) in [5, 5.41) is 0. The zero-order valence-corrected chi connectivity index (χ0v) is 12.7. The fourth-order valence-electron chi connectivity index (χ4n) is 2.38. The largest absolute Gasteiger partial charge is 0.487 e. The second kappa shape index (κ2) is 5.17. The lowest BCUT2D eigenvalue weighted by Gasteiger charge is -2.34. The van der Waals surface area contributed by atoms with Crippen LogP contribution in [0, 0.1) is 5.82 Å². The molecule has 1 heterocycles. The number of nitrogens with two attached hydrogens (primary N) is 1. The van der Waals surface area contributed by atoms with Crippen LogP contribution in [0.5, 0.6) is 5.75 Å². The van der Waals surface area contributed by atoms with Crippen molar-refractivity contribution in [2.45, 2.75) is 17.9 Å². The molecular weight excluding hydrogens is 307 g/mol. The molecule has 3 rings (SSSR count). The van der Waals surface area contributed by atoms with Crippen molar-refractivity contribution in [3.05, 3.63) is 48.3 Å². The van der Waals surface area contributed by atoms with Crippen molar-refractivity contribution < 1.29 is 17.5 Å². The van der Waals surface area contributed by atoms with Crippen LogP contribution in [0.15, 0.2) is 47.4 Å². The zero-order chi connectivity index (χ0) is 15.9. The van der Waals surface area contributed by atoms with Crippen molar-refractivity contribution in [1.29, 1.82) is 0 Å². The first kappa shape index (κ1) is 14.6. The maximum Gasteiger partial charge on any atom is 0.264 e. The lowest BCUT2D eigenvalue weighted by molar-refractivity contribution is 0.219. The van der Waals surface area contributed by atoms with Crippen molar-refractivity contribution >= 4 is 21.4 Å². The van der Waals surface area contributed by atoms with Crippen molar-refractivity contribution in [2.24, 2.45) is 0 Å². The summed E-state index contributed by atoms with van der Waals surface area (Å²) in [7, 11) is -3.81. The number of nitrogens with zero attached hydrogens (tertiary/aromatic N) is 1. The Bertz CT molecular complexity index is 806. The molecule has 1 aliphatic heterocycles. The summed E-state index contributed by atoms with van der Waals surface area (Å²) in [6.45, 7) is 1.95. The maximum absolute atomic E-state index is 13.0. The van der Waals surface area contributed by atoms with Gasteiger partial charge in [0.1, 0.15) is 17.7 Å². The minimum atomic E-state index is -3.81. The summed E-state index contributed by atoms with van der Waals surface area (Å²) in [6, 6.07) is 9.59. The first-order valence-corrected chi connectivity index (χ1v) is 8.16. The number of fused-ring (bicyclic) bond motifs is 1. The zero-order valence-electron chi connectivity index (χ0n) is 11.9. The van der Waals surface area contributed by atoms with Crippen LogP contribution in [-0.4, -0.2) is 21.1 Å². The predicted molar refractivity (Wildman–Crippen MR) is 81.9 cm³/mol. The van der Waals surface area contributed by atoms with Gasteiger partial charge in [0.05, 0.1) is 17.1 Å². The third kappa shape index (κ3) is 2.48. The molecule has 1 atom stereocenters. The number of benzene rings is 2. The average Bonchev–Trinajstić information content (AvgIpc) is 2.47. The number of rotatable bonds is 2. The topological polar surface area (TPSA) is 72.6 Å². The Balaban J connectivity index is 2.11. The monoisotopic (exact) mass is 322 g/mol. The van der Waals surface area contributed by atoms with Gasteiger partial charge in [0.15, 0.2) is 0 Å². The fraction of sp³-hybridized carbons (Fsp3) is 0.200. The number of sulfonamides is 1. The van der Waals surface area contributed by atoms with E-state index in [4.69, 9.17) is 10.5 Å². The molecule has 0 fully saturated rings. The molecule has 2 N–H and O–H groups in total. The highest BCUT2D eigenvalue weighted by Crippen LogP contribution is 2.38. The van der Waals surface area contributed by atoms with Gasteiger partial charge >= 0.3 is 0 Å². The summed E-state index contributed by atoms with van der Waals surface area (Å²) in [5.74, 6) is -0.0300. The normalized spacial score (nSPS) is 17.7. The number of ether oxygens (including phenoxy) is 1. The van der Waals surface area contributed by atoms with Gasteiger partial charge < -0.3 is 10.5 Å². The third-order valence-electron chi connectivity index (χ3n) is 3.40. The summed E-state index contributed by atoms with van der Waals surface area (Å²) >= 11 is 0. The number of nitrogen functional groups attached to an aromatic ring is 1. The van der Waals surface area contributed by atoms with Gasteiger partial charge in [-0.15, -0.1) is 0 Å². The highest BCUT2D eigenvalue weighted by molar-refractivity contribution is 7.92. The molecule has 116 valence electrons. The van der Waals surface area contributed by atoms with Gasteiger partial charge in [-0.05, 0) is 49.4 Å². The summed E-state index contributed by atoms with van der Waals surface area (Å²) < 4.78 is 45.6. The van der Waals surface area contributed by atoms with Crippen molar-refractivity contribution in [2.75, 3.05) is 16.6 Å². The van der Waals surface area contributed by atoms with E-state index in [-0.39, 0.29) is 17.5 Å². The first-order valence-electron chi connectivity index (χ1n) is 6.72. The van der Waals surface area contributed by atoms with E-state index >= 15 is 0 Å². The van der Waals surface area contributed by atoms with Crippen LogP contribution < -0.4 is 14.8 Å². The van der Waals surface area contributed by atoms with Crippen LogP contribution in [0.25, 0.3) is 0 Å². The smallest absolute Gasteiger partial charge is 0.264 e. The summed E-state index contributed by atoms with van der Waals surface area (Å²) in [4.78, 5) is 0.0244. The molecule has 0 bridgehead atoms. The van der Waals surface area contributed by atoms with E-state index in [9.17, 15) is 12.8 Å². The minimum Gasteiger partial charge on any atom is -0.487 e. The van der Waals surface area contributed by atoms with E-state index in [1.54, 1.807) is 25.1 Å². The molecule has 1 aliphatic rings. The van der Waals surface area contributed by atoms with Crippen LogP contribution in [-0.2, 0) is 10.0 Å². The van der Waals surface area contributed by atoms with E-state index in [2.05, 4.69) is 0 Å². The SMILES string of the molecule is CC1CN(S(=O)(=O)c2ccc(F)cc2)c2cc(N)ccc2O1. The number of anilines is 2.